The molecule has 0 atom stereocenters. The van der Waals surface area contributed by atoms with Crippen molar-refractivity contribution in [3.05, 3.63) is 59.2 Å². The van der Waals surface area contributed by atoms with E-state index < -0.39 is 0 Å². The number of aryl methyl sites for hydroxylation is 1. The molecule has 23 heavy (non-hydrogen) atoms. The molecule has 0 saturated carbocycles. The van der Waals surface area contributed by atoms with Gasteiger partial charge in [0.05, 0.1) is 13.2 Å². The van der Waals surface area contributed by atoms with E-state index in [9.17, 15) is 4.79 Å². The molecule has 0 aliphatic carbocycles. The zero-order valence-electron chi connectivity index (χ0n) is 13.9. The summed E-state index contributed by atoms with van der Waals surface area (Å²) in [5.41, 5.74) is 3.36. The highest BCUT2D eigenvalue weighted by Crippen LogP contribution is 2.20. The van der Waals surface area contributed by atoms with Crippen LogP contribution in [0.5, 0.6) is 5.75 Å². The van der Waals surface area contributed by atoms with Crippen LogP contribution in [0.4, 0.5) is 5.69 Å². The van der Waals surface area contributed by atoms with E-state index in [1.807, 2.05) is 57.2 Å². The van der Waals surface area contributed by atoms with Gasteiger partial charge in [0.1, 0.15) is 5.75 Å². The molecule has 1 N–H and O–H groups in total. The summed E-state index contributed by atoms with van der Waals surface area (Å²) in [7, 11) is 0. The van der Waals surface area contributed by atoms with E-state index in [4.69, 9.17) is 9.47 Å². The summed E-state index contributed by atoms with van der Waals surface area (Å²) in [6, 6.07) is 13.1. The predicted octanol–water partition coefficient (Wildman–Crippen LogP) is 4.18. The number of amides is 1. The van der Waals surface area contributed by atoms with Gasteiger partial charge >= 0.3 is 0 Å². The number of ether oxygens (including phenoxy) is 2. The Morgan fingerprint density at radius 2 is 1.91 bits per heavy atom. The second-order valence-electron chi connectivity index (χ2n) is 5.20. The minimum absolute atomic E-state index is 0.135. The van der Waals surface area contributed by atoms with Crippen molar-refractivity contribution in [2.75, 3.05) is 18.5 Å². The second kappa shape index (κ2) is 8.34. The highest BCUT2D eigenvalue weighted by molar-refractivity contribution is 6.04. The van der Waals surface area contributed by atoms with Gasteiger partial charge in [0.25, 0.3) is 5.91 Å². The molecule has 2 aromatic rings. The SMILES string of the molecule is CCOCc1cccc(NC(=O)c2ccc(OCC)c(C)c2)c1. The molecular weight excluding hydrogens is 290 g/mol. The summed E-state index contributed by atoms with van der Waals surface area (Å²) in [4.78, 5) is 12.4. The number of carbonyl (C=O) groups excluding carboxylic acids is 1. The molecule has 0 unspecified atom stereocenters. The van der Waals surface area contributed by atoms with Crippen molar-refractivity contribution in [1.82, 2.24) is 0 Å². The molecular formula is C19H23NO3. The Bertz CT molecular complexity index is 667. The lowest BCUT2D eigenvalue weighted by Crippen LogP contribution is -2.12. The molecule has 2 aromatic carbocycles. The molecule has 2 rings (SSSR count). The van der Waals surface area contributed by atoms with E-state index in [2.05, 4.69) is 5.32 Å². The van der Waals surface area contributed by atoms with Crippen molar-refractivity contribution in [3.63, 3.8) is 0 Å². The van der Waals surface area contributed by atoms with Crippen LogP contribution < -0.4 is 10.1 Å². The first-order chi connectivity index (χ1) is 11.1. The maximum atomic E-state index is 12.4. The van der Waals surface area contributed by atoms with Crippen LogP contribution in [0.25, 0.3) is 0 Å². The van der Waals surface area contributed by atoms with Crippen molar-refractivity contribution in [2.45, 2.75) is 27.4 Å². The monoisotopic (exact) mass is 313 g/mol. The van der Waals surface area contributed by atoms with Crippen LogP contribution in [0.3, 0.4) is 0 Å². The zero-order valence-corrected chi connectivity index (χ0v) is 13.9. The van der Waals surface area contributed by atoms with Crippen LogP contribution in [0.2, 0.25) is 0 Å². The predicted molar refractivity (Wildman–Crippen MR) is 92.1 cm³/mol. The third-order valence-corrected chi connectivity index (χ3v) is 3.39. The molecule has 0 fully saturated rings. The van der Waals surface area contributed by atoms with Crippen LogP contribution in [0.15, 0.2) is 42.5 Å². The van der Waals surface area contributed by atoms with Crippen LogP contribution >= 0.6 is 0 Å². The van der Waals surface area contributed by atoms with Crippen LogP contribution in [-0.2, 0) is 11.3 Å². The summed E-state index contributed by atoms with van der Waals surface area (Å²) in [6.07, 6.45) is 0. The van der Waals surface area contributed by atoms with Gasteiger partial charge in [-0.3, -0.25) is 4.79 Å². The average molecular weight is 313 g/mol. The lowest BCUT2D eigenvalue weighted by molar-refractivity contribution is 0.102. The topological polar surface area (TPSA) is 47.6 Å². The lowest BCUT2D eigenvalue weighted by Gasteiger charge is -2.10. The molecule has 1 amide bonds. The summed E-state index contributed by atoms with van der Waals surface area (Å²) >= 11 is 0. The number of rotatable bonds is 7. The molecule has 0 saturated heterocycles. The van der Waals surface area contributed by atoms with E-state index in [1.165, 1.54) is 0 Å². The van der Waals surface area contributed by atoms with Gasteiger partial charge in [-0.05, 0) is 62.2 Å². The van der Waals surface area contributed by atoms with Crippen LogP contribution in [0.1, 0.15) is 35.3 Å². The molecule has 0 aromatic heterocycles. The van der Waals surface area contributed by atoms with E-state index in [0.717, 1.165) is 22.6 Å². The Kier molecular flexibility index (Phi) is 6.18. The van der Waals surface area contributed by atoms with Gasteiger partial charge in [-0.2, -0.15) is 0 Å². The second-order valence-corrected chi connectivity index (χ2v) is 5.20. The van der Waals surface area contributed by atoms with Crippen molar-refractivity contribution < 1.29 is 14.3 Å². The van der Waals surface area contributed by atoms with Gasteiger partial charge in [-0.25, -0.2) is 0 Å². The molecule has 122 valence electrons. The third-order valence-electron chi connectivity index (χ3n) is 3.39. The fourth-order valence-electron chi connectivity index (χ4n) is 2.27. The molecule has 4 heteroatoms. The fourth-order valence-corrected chi connectivity index (χ4v) is 2.27. The number of carbonyl (C=O) groups is 1. The standard InChI is InChI=1S/C19H23NO3/c1-4-22-13-15-7-6-8-17(12-15)20-19(21)16-9-10-18(23-5-2)14(3)11-16/h6-12H,4-5,13H2,1-3H3,(H,20,21). The van der Waals surface area contributed by atoms with Gasteiger partial charge < -0.3 is 14.8 Å². The molecule has 0 radical (unpaired) electrons. The summed E-state index contributed by atoms with van der Waals surface area (Å²) < 4.78 is 10.9. The van der Waals surface area contributed by atoms with Crippen molar-refractivity contribution >= 4 is 11.6 Å². The summed E-state index contributed by atoms with van der Waals surface area (Å²) in [6.45, 7) is 7.66. The van der Waals surface area contributed by atoms with E-state index in [-0.39, 0.29) is 5.91 Å². The Labute approximate surface area is 137 Å². The van der Waals surface area contributed by atoms with Gasteiger partial charge in [-0.1, -0.05) is 12.1 Å². The third kappa shape index (κ3) is 4.83. The van der Waals surface area contributed by atoms with Crippen LogP contribution in [0, 0.1) is 6.92 Å². The number of anilines is 1. The first-order valence-electron chi connectivity index (χ1n) is 7.85. The number of nitrogens with one attached hydrogen (secondary N) is 1. The van der Waals surface area contributed by atoms with Gasteiger partial charge in [0.2, 0.25) is 0 Å². The Balaban J connectivity index is 2.08. The molecule has 0 aliphatic rings. The van der Waals surface area contributed by atoms with Gasteiger partial charge in [0, 0.05) is 17.9 Å². The molecule has 0 aliphatic heterocycles. The Morgan fingerprint density at radius 3 is 2.61 bits per heavy atom. The zero-order chi connectivity index (χ0) is 16.7. The smallest absolute Gasteiger partial charge is 0.255 e. The van der Waals surface area contributed by atoms with E-state index in [1.54, 1.807) is 6.07 Å². The quantitative estimate of drug-likeness (QED) is 0.834. The minimum atomic E-state index is -0.135. The highest BCUT2D eigenvalue weighted by atomic mass is 16.5. The lowest BCUT2D eigenvalue weighted by atomic mass is 10.1. The van der Waals surface area contributed by atoms with Crippen molar-refractivity contribution in [3.8, 4) is 5.75 Å². The highest BCUT2D eigenvalue weighted by Gasteiger charge is 2.09. The number of benzene rings is 2. The average Bonchev–Trinajstić information content (AvgIpc) is 2.55. The van der Waals surface area contributed by atoms with E-state index >= 15 is 0 Å². The minimum Gasteiger partial charge on any atom is -0.494 e. The molecule has 0 spiro atoms. The maximum absolute atomic E-state index is 12.4. The van der Waals surface area contributed by atoms with Crippen molar-refractivity contribution in [2.24, 2.45) is 0 Å². The van der Waals surface area contributed by atoms with Gasteiger partial charge in [0.15, 0.2) is 0 Å². The number of hydrogen-bond donors (Lipinski definition) is 1. The fraction of sp³-hybridized carbons (Fsp3) is 0.316. The molecule has 0 bridgehead atoms. The summed E-state index contributed by atoms with van der Waals surface area (Å²) in [5, 5.41) is 2.92. The van der Waals surface area contributed by atoms with Gasteiger partial charge in [-0.15, -0.1) is 0 Å². The molecule has 4 nitrogen and oxygen atoms in total. The first-order valence-corrected chi connectivity index (χ1v) is 7.85. The largest absolute Gasteiger partial charge is 0.494 e. The molecule has 0 heterocycles. The summed E-state index contributed by atoms with van der Waals surface area (Å²) in [5.74, 6) is 0.674. The Hall–Kier alpha value is -2.33. The van der Waals surface area contributed by atoms with Crippen LogP contribution in [-0.4, -0.2) is 19.1 Å². The van der Waals surface area contributed by atoms with Crippen molar-refractivity contribution in [1.29, 1.82) is 0 Å². The maximum Gasteiger partial charge on any atom is 0.255 e. The number of hydrogen-bond acceptors (Lipinski definition) is 3. The Morgan fingerprint density at radius 1 is 1.09 bits per heavy atom. The van der Waals surface area contributed by atoms with E-state index in [0.29, 0.717) is 25.4 Å². The normalized spacial score (nSPS) is 10.4. The first kappa shape index (κ1) is 17.0.